The van der Waals surface area contributed by atoms with Gasteiger partial charge in [-0.25, -0.2) is 4.79 Å². The predicted molar refractivity (Wildman–Crippen MR) is 57.3 cm³/mol. The fourth-order valence-corrected chi connectivity index (χ4v) is 1.98. The van der Waals surface area contributed by atoms with Crippen molar-refractivity contribution < 1.29 is 19.8 Å². The first-order valence-corrected chi connectivity index (χ1v) is 5.04. The number of aliphatic carboxylic acids is 1. The first-order chi connectivity index (χ1) is 7.00. The molecule has 0 aliphatic carbocycles. The molecule has 0 bridgehead atoms. The summed E-state index contributed by atoms with van der Waals surface area (Å²) in [6.45, 7) is 1.80. The van der Waals surface area contributed by atoms with Gasteiger partial charge < -0.3 is 10.2 Å². The zero-order valence-electron chi connectivity index (χ0n) is 8.06. The second kappa shape index (κ2) is 4.75. The summed E-state index contributed by atoms with van der Waals surface area (Å²) >= 11 is 1.14. The van der Waals surface area contributed by atoms with E-state index >= 15 is 0 Å². The van der Waals surface area contributed by atoms with Crippen molar-refractivity contribution >= 4 is 29.4 Å². The third-order valence-corrected chi connectivity index (χ3v) is 2.92. The maximum absolute atomic E-state index is 10.6. The van der Waals surface area contributed by atoms with Crippen molar-refractivity contribution in [3.05, 3.63) is 27.5 Å². The summed E-state index contributed by atoms with van der Waals surface area (Å²) in [5, 5.41) is 17.1. The molecule has 80 valence electrons. The Morgan fingerprint density at radius 1 is 1.47 bits per heavy atom. The average Bonchev–Trinajstić information content (AvgIpc) is 2.47. The standard InChI is InChI=1S/C10H10O4S/c1-6-5-8(10(13)14)15-7(6)3-2-4-9(11)12/h2-3,5H,4H2,1H3,(H,11,12)(H,13,14). The minimum Gasteiger partial charge on any atom is -0.481 e. The zero-order valence-corrected chi connectivity index (χ0v) is 8.87. The van der Waals surface area contributed by atoms with Gasteiger partial charge in [-0.1, -0.05) is 6.08 Å². The summed E-state index contributed by atoms with van der Waals surface area (Å²) in [4.78, 5) is 21.9. The molecule has 0 amide bonds. The molecule has 0 spiro atoms. The maximum atomic E-state index is 10.6. The van der Waals surface area contributed by atoms with Crippen LogP contribution in [0.15, 0.2) is 12.1 Å². The molecule has 0 saturated heterocycles. The summed E-state index contributed by atoms with van der Waals surface area (Å²) in [7, 11) is 0. The van der Waals surface area contributed by atoms with E-state index < -0.39 is 11.9 Å². The summed E-state index contributed by atoms with van der Waals surface area (Å²) in [5.41, 5.74) is 0.846. The first-order valence-electron chi connectivity index (χ1n) is 4.22. The summed E-state index contributed by atoms with van der Waals surface area (Å²) in [6.07, 6.45) is 3.09. The molecule has 1 heterocycles. The van der Waals surface area contributed by atoms with Gasteiger partial charge in [0.05, 0.1) is 6.42 Å². The second-order valence-corrected chi connectivity index (χ2v) is 4.05. The van der Waals surface area contributed by atoms with Crippen LogP contribution in [0.5, 0.6) is 0 Å². The molecule has 0 aliphatic heterocycles. The monoisotopic (exact) mass is 226 g/mol. The highest BCUT2D eigenvalue weighted by atomic mass is 32.1. The van der Waals surface area contributed by atoms with Crippen LogP contribution in [0, 0.1) is 6.92 Å². The lowest BCUT2D eigenvalue weighted by Crippen LogP contribution is -1.89. The molecule has 0 radical (unpaired) electrons. The van der Waals surface area contributed by atoms with Crippen LogP contribution in [0.2, 0.25) is 0 Å². The molecule has 0 aromatic carbocycles. The van der Waals surface area contributed by atoms with Crippen molar-refractivity contribution in [3.8, 4) is 0 Å². The fourth-order valence-electron chi connectivity index (χ4n) is 1.03. The van der Waals surface area contributed by atoms with Crippen molar-refractivity contribution in [1.29, 1.82) is 0 Å². The Balaban J connectivity index is 2.81. The van der Waals surface area contributed by atoms with E-state index in [-0.39, 0.29) is 11.3 Å². The normalized spacial score (nSPS) is 10.7. The van der Waals surface area contributed by atoms with E-state index in [4.69, 9.17) is 10.2 Å². The Kier molecular flexibility index (Phi) is 3.62. The Morgan fingerprint density at radius 2 is 2.13 bits per heavy atom. The van der Waals surface area contributed by atoms with Gasteiger partial charge in [0.1, 0.15) is 4.88 Å². The number of aryl methyl sites for hydroxylation is 1. The lowest BCUT2D eigenvalue weighted by Gasteiger charge is -1.87. The highest BCUT2D eigenvalue weighted by Gasteiger charge is 2.08. The summed E-state index contributed by atoms with van der Waals surface area (Å²) in [6, 6.07) is 1.58. The number of aromatic carboxylic acids is 1. The number of carbonyl (C=O) groups is 2. The van der Waals surface area contributed by atoms with Gasteiger partial charge in [0.25, 0.3) is 0 Å². The third kappa shape index (κ3) is 3.21. The van der Waals surface area contributed by atoms with Crippen LogP contribution < -0.4 is 0 Å². The molecule has 0 atom stereocenters. The van der Waals surface area contributed by atoms with Crippen LogP contribution in [0.3, 0.4) is 0 Å². The smallest absolute Gasteiger partial charge is 0.345 e. The number of carboxylic acid groups (broad SMARTS) is 2. The van der Waals surface area contributed by atoms with E-state index in [2.05, 4.69) is 0 Å². The number of hydrogen-bond donors (Lipinski definition) is 2. The van der Waals surface area contributed by atoms with Gasteiger partial charge in [0.15, 0.2) is 0 Å². The van der Waals surface area contributed by atoms with E-state index in [0.29, 0.717) is 0 Å². The van der Waals surface area contributed by atoms with Gasteiger partial charge in [-0.15, -0.1) is 11.3 Å². The van der Waals surface area contributed by atoms with Crippen LogP contribution in [-0.4, -0.2) is 22.2 Å². The topological polar surface area (TPSA) is 74.6 Å². The minimum atomic E-state index is -0.957. The van der Waals surface area contributed by atoms with Gasteiger partial charge in [0.2, 0.25) is 0 Å². The molecule has 0 fully saturated rings. The molecular formula is C10H10O4S. The number of hydrogen-bond acceptors (Lipinski definition) is 3. The van der Waals surface area contributed by atoms with Gasteiger partial charge in [-0.05, 0) is 24.6 Å². The van der Waals surface area contributed by atoms with Gasteiger partial charge in [0, 0.05) is 4.88 Å². The fraction of sp³-hybridized carbons (Fsp3) is 0.200. The first kappa shape index (κ1) is 11.5. The summed E-state index contributed by atoms with van der Waals surface area (Å²) < 4.78 is 0. The van der Waals surface area contributed by atoms with Crippen molar-refractivity contribution in [2.45, 2.75) is 13.3 Å². The molecule has 1 aromatic heterocycles. The molecule has 4 nitrogen and oxygen atoms in total. The van der Waals surface area contributed by atoms with E-state index in [1.807, 2.05) is 0 Å². The molecule has 2 N–H and O–H groups in total. The highest BCUT2D eigenvalue weighted by molar-refractivity contribution is 7.15. The van der Waals surface area contributed by atoms with E-state index in [1.54, 1.807) is 19.1 Å². The summed E-state index contributed by atoms with van der Waals surface area (Å²) in [5.74, 6) is -1.86. The van der Waals surface area contributed by atoms with Gasteiger partial charge >= 0.3 is 11.9 Å². The average molecular weight is 226 g/mol. The van der Waals surface area contributed by atoms with E-state index in [0.717, 1.165) is 21.8 Å². The predicted octanol–water partition coefficient (Wildman–Crippen LogP) is 2.24. The third-order valence-electron chi connectivity index (χ3n) is 1.73. The maximum Gasteiger partial charge on any atom is 0.345 e. The van der Waals surface area contributed by atoms with Gasteiger partial charge in [-0.3, -0.25) is 4.79 Å². The Morgan fingerprint density at radius 3 is 2.60 bits per heavy atom. The van der Waals surface area contributed by atoms with Crippen LogP contribution in [-0.2, 0) is 4.79 Å². The lowest BCUT2D eigenvalue weighted by atomic mass is 10.2. The molecule has 5 heteroatoms. The molecule has 0 saturated carbocycles. The van der Waals surface area contributed by atoms with Crippen LogP contribution >= 0.6 is 11.3 Å². The minimum absolute atomic E-state index is 0.0558. The van der Waals surface area contributed by atoms with Crippen molar-refractivity contribution in [2.75, 3.05) is 0 Å². The molecule has 0 aliphatic rings. The van der Waals surface area contributed by atoms with Crippen molar-refractivity contribution in [1.82, 2.24) is 0 Å². The lowest BCUT2D eigenvalue weighted by molar-refractivity contribution is -0.135. The molecule has 15 heavy (non-hydrogen) atoms. The van der Waals surface area contributed by atoms with Crippen LogP contribution in [0.4, 0.5) is 0 Å². The van der Waals surface area contributed by atoms with Gasteiger partial charge in [-0.2, -0.15) is 0 Å². The number of rotatable bonds is 4. The Bertz CT molecular complexity index is 417. The van der Waals surface area contributed by atoms with Crippen LogP contribution in [0.1, 0.15) is 26.5 Å². The molecule has 1 rings (SSSR count). The SMILES string of the molecule is Cc1cc(C(=O)O)sc1C=CCC(=O)O. The second-order valence-electron chi connectivity index (χ2n) is 2.96. The molecule has 0 unspecified atom stereocenters. The Hall–Kier alpha value is -1.62. The quantitative estimate of drug-likeness (QED) is 0.825. The largest absolute Gasteiger partial charge is 0.481 e. The zero-order chi connectivity index (χ0) is 11.4. The Labute approximate surface area is 90.5 Å². The van der Waals surface area contributed by atoms with Crippen molar-refractivity contribution in [3.63, 3.8) is 0 Å². The van der Waals surface area contributed by atoms with E-state index in [1.165, 1.54) is 6.08 Å². The molecular weight excluding hydrogens is 216 g/mol. The van der Waals surface area contributed by atoms with Crippen LogP contribution in [0.25, 0.3) is 6.08 Å². The van der Waals surface area contributed by atoms with E-state index in [9.17, 15) is 9.59 Å². The highest BCUT2D eigenvalue weighted by Crippen LogP contribution is 2.23. The molecule has 1 aromatic rings. The van der Waals surface area contributed by atoms with Crippen molar-refractivity contribution in [2.24, 2.45) is 0 Å². The number of thiophene rings is 1. The number of carboxylic acids is 2.